The number of nitrogens with zero attached hydrogens (tertiary/aromatic N) is 3. The van der Waals surface area contributed by atoms with Gasteiger partial charge in [0.2, 0.25) is 0 Å². The van der Waals surface area contributed by atoms with Gasteiger partial charge in [-0.05, 0) is 57.0 Å². The van der Waals surface area contributed by atoms with Crippen LogP contribution < -0.4 is 21.3 Å². The molecule has 1 aliphatic heterocycles. The van der Waals surface area contributed by atoms with E-state index < -0.39 is 0 Å². The van der Waals surface area contributed by atoms with Gasteiger partial charge in [0, 0.05) is 43.0 Å². The average molecular weight is 467 g/mol. The lowest BCUT2D eigenvalue weighted by atomic mass is 9.91. The summed E-state index contributed by atoms with van der Waals surface area (Å²) in [5.41, 5.74) is 10.0. The molecule has 1 saturated heterocycles. The number of aryl methyl sites for hydroxylation is 2. The molecule has 1 aliphatic carbocycles. The number of aromatic nitrogens is 2. The maximum Gasteiger partial charge on any atom is 0.263 e. The third-order valence-electron chi connectivity index (χ3n) is 6.79. The van der Waals surface area contributed by atoms with E-state index in [0.717, 1.165) is 59.8 Å². The predicted molar refractivity (Wildman–Crippen MR) is 132 cm³/mol. The lowest BCUT2D eigenvalue weighted by molar-refractivity contribution is 0.0938. The highest BCUT2D eigenvalue weighted by atomic mass is 32.1. The maximum absolute atomic E-state index is 13.0. The van der Waals surface area contributed by atoms with Gasteiger partial charge in [-0.15, -0.1) is 11.3 Å². The SMILES string of the molecule is CN[C@H]1CN(c2ccc3c(n2)CC[C@H](NC(=O)c2sc4nc(C)ccc4c2N)C3)C[C@@H]1OC. The average Bonchev–Trinajstić information content (AvgIpc) is 3.39. The molecular weight excluding hydrogens is 436 g/mol. The van der Waals surface area contributed by atoms with E-state index in [9.17, 15) is 4.79 Å². The molecule has 174 valence electrons. The van der Waals surface area contributed by atoms with Gasteiger partial charge in [0.25, 0.3) is 5.91 Å². The molecule has 8 nitrogen and oxygen atoms in total. The first-order valence-corrected chi connectivity index (χ1v) is 12.2. The zero-order valence-corrected chi connectivity index (χ0v) is 20.0. The first-order chi connectivity index (χ1) is 16.0. The fraction of sp³-hybridized carbons (Fsp3) is 0.458. The summed E-state index contributed by atoms with van der Waals surface area (Å²) in [7, 11) is 3.73. The van der Waals surface area contributed by atoms with Crippen molar-refractivity contribution in [3.63, 3.8) is 0 Å². The number of carbonyl (C=O) groups is 1. The zero-order valence-electron chi connectivity index (χ0n) is 19.2. The van der Waals surface area contributed by atoms with Crippen molar-refractivity contribution in [1.82, 2.24) is 20.6 Å². The molecule has 2 aliphatic rings. The van der Waals surface area contributed by atoms with E-state index in [4.69, 9.17) is 15.5 Å². The van der Waals surface area contributed by atoms with Crippen LogP contribution in [0.1, 0.15) is 33.0 Å². The molecule has 0 aromatic carbocycles. The molecule has 1 amide bonds. The highest BCUT2D eigenvalue weighted by molar-refractivity contribution is 7.21. The molecule has 0 saturated carbocycles. The number of rotatable bonds is 5. The number of likely N-dealkylation sites (N-methyl/N-ethyl adjacent to an activating group) is 1. The monoisotopic (exact) mass is 466 g/mol. The number of hydrogen-bond acceptors (Lipinski definition) is 8. The Morgan fingerprint density at radius 2 is 2.09 bits per heavy atom. The number of nitrogens with one attached hydrogen (secondary N) is 2. The molecule has 0 bridgehead atoms. The van der Waals surface area contributed by atoms with Crippen molar-refractivity contribution < 1.29 is 9.53 Å². The number of methoxy groups -OCH3 is 1. The van der Waals surface area contributed by atoms with Gasteiger partial charge in [-0.25, -0.2) is 9.97 Å². The normalized spacial score (nSPS) is 22.5. The van der Waals surface area contributed by atoms with Gasteiger partial charge in [0.15, 0.2) is 0 Å². The Hall–Kier alpha value is -2.75. The second-order valence-electron chi connectivity index (χ2n) is 8.91. The maximum atomic E-state index is 13.0. The van der Waals surface area contributed by atoms with Gasteiger partial charge >= 0.3 is 0 Å². The minimum atomic E-state index is -0.119. The Kier molecular flexibility index (Phi) is 5.94. The van der Waals surface area contributed by atoms with Gasteiger partial charge < -0.3 is 26.0 Å². The van der Waals surface area contributed by atoms with Crippen molar-refractivity contribution in [2.45, 2.75) is 44.4 Å². The van der Waals surface area contributed by atoms with Gasteiger partial charge in [-0.3, -0.25) is 4.79 Å². The van der Waals surface area contributed by atoms with Gasteiger partial charge in [-0.2, -0.15) is 0 Å². The Balaban J connectivity index is 1.27. The van der Waals surface area contributed by atoms with Crippen molar-refractivity contribution in [1.29, 1.82) is 0 Å². The molecule has 3 aromatic rings. The van der Waals surface area contributed by atoms with Gasteiger partial charge in [-0.1, -0.05) is 6.07 Å². The molecule has 4 N–H and O–H groups in total. The Morgan fingerprint density at radius 3 is 2.85 bits per heavy atom. The van der Waals surface area contributed by atoms with Crippen LogP contribution in [-0.2, 0) is 17.6 Å². The van der Waals surface area contributed by atoms with Crippen LogP contribution >= 0.6 is 11.3 Å². The number of thiophene rings is 1. The summed E-state index contributed by atoms with van der Waals surface area (Å²) in [5.74, 6) is 0.879. The van der Waals surface area contributed by atoms with Crippen LogP contribution in [0.25, 0.3) is 10.2 Å². The molecule has 9 heteroatoms. The van der Waals surface area contributed by atoms with E-state index in [-0.39, 0.29) is 18.1 Å². The Morgan fingerprint density at radius 1 is 1.24 bits per heavy atom. The van der Waals surface area contributed by atoms with Gasteiger partial charge in [0.05, 0.1) is 17.8 Å². The lowest BCUT2D eigenvalue weighted by Gasteiger charge is -2.26. The van der Waals surface area contributed by atoms with Crippen LogP contribution in [0.2, 0.25) is 0 Å². The minimum Gasteiger partial charge on any atom is -0.397 e. The number of ether oxygens (including phenoxy) is 1. The number of hydrogen-bond donors (Lipinski definition) is 3. The Labute approximate surface area is 197 Å². The van der Waals surface area contributed by atoms with Crippen LogP contribution in [-0.4, -0.2) is 61.3 Å². The first kappa shape index (κ1) is 22.1. The summed E-state index contributed by atoms with van der Waals surface area (Å²) in [6, 6.07) is 8.47. The van der Waals surface area contributed by atoms with Crippen LogP contribution in [0.15, 0.2) is 24.3 Å². The standard InChI is InChI=1S/C24H30N6O2S/c1-13-4-7-16-21(25)22(33-24(16)27-13)23(31)28-15-6-8-17-14(10-15)5-9-20(29-17)30-11-18(26-2)19(12-30)32-3/h4-5,7,9,15,18-19,26H,6,8,10-12,25H2,1-3H3,(H,28,31)/t15-,18-,19-/m0/s1. The summed E-state index contributed by atoms with van der Waals surface area (Å²) in [6.07, 6.45) is 2.63. The van der Waals surface area contributed by atoms with Crippen molar-refractivity contribution in [3.05, 3.63) is 46.1 Å². The Bertz CT molecular complexity index is 1180. The van der Waals surface area contributed by atoms with E-state index in [1.807, 2.05) is 26.1 Å². The lowest BCUT2D eigenvalue weighted by Crippen LogP contribution is -2.39. The first-order valence-electron chi connectivity index (χ1n) is 11.4. The third-order valence-corrected chi connectivity index (χ3v) is 7.90. The number of nitrogen functional groups attached to an aromatic ring is 1. The molecule has 4 heterocycles. The summed E-state index contributed by atoms with van der Waals surface area (Å²) in [5, 5.41) is 7.37. The second kappa shape index (κ2) is 8.89. The van der Waals surface area contributed by atoms with Crippen molar-refractivity contribution in [3.8, 4) is 0 Å². The molecule has 1 fully saturated rings. The van der Waals surface area contributed by atoms with E-state index in [2.05, 4.69) is 32.7 Å². The van der Waals surface area contributed by atoms with E-state index in [1.165, 1.54) is 16.9 Å². The van der Waals surface area contributed by atoms with Gasteiger partial charge in [0.1, 0.15) is 15.5 Å². The smallest absolute Gasteiger partial charge is 0.263 e. The summed E-state index contributed by atoms with van der Waals surface area (Å²) in [6.45, 7) is 3.65. The quantitative estimate of drug-likeness (QED) is 0.530. The fourth-order valence-corrected chi connectivity index (χ4v) is 5.93. The molecule has 3 atom stereocenters. The fourth-order valence-electron chi connectivity index (χ4n) is 4.89. The minimum absolute atomic E-state index is 0.0651. The number of anilines is 2. The molecule has 33 heavy (non-hydrogen) atoms. The summed E-state index contributed by atoms with van der Waals surface area (Å²) < 4.78 is 5.62. The summed E-state index contributed by atoms with van der Waals surface area (Å²) >= 11 is 1.36. The number of fused-ring (bicyclic) bond motifs is 2. The van der Waals surface area contributed by atoms with Crippen LogP contribution in [0.3, 0.4) is 0 Å². The number of pyridine rings is 2. The summed E-state index contributed by atoms with van der Waals surface area (Å²) in [4.78, 5) is 26.1. The molecule has 0 unspecified atom stereocenters. The molecule has 0 radical (unpaired) electrons. The van der Waals surface area contributed by atoms with Crippen molar-refractivity contribution in [2.75, 3.05) is 37.9 Å². The number of carbonyl (C=O) groups excluding carboxylic acids is 1. The molecule has 0 spiro atoms. The van der Waals surface area contributed by atoms with Crippen molar-refractivity contribution in [2.24, 2.45) is 0 Å². The van der Waals surface area contributed by atoms with Crippen LogP contribution in [0, 0.1) is 6.92 Å². The van der Waals surface area contributed by atoms with Crippen LogP contribution in [0.5, 0.6) is 0 Å². The van der Waals surface area contributed by atoms with E-state index >= 15 is 0 Å². The predicted octanol–water partition coefficient (Wildman–Crippen LogP) is 2.29. The second-order valence-corrected chi connectivity index (χ2v) is 9.91. The van der Waals surface area contributed by atoms with E-state index in [0.29, 0.717) is 16.6 Å². The molecule has 3 aromatic heterocycles. The highest BCUT2D eigenvalue weighted by Gasteiger charge is 2.33. The third kappa shape index (κ3) is 4.16. The van der Waals surface area contributed by atoms with E-state index in [1.54, 1.807) is 7.11 Å². The molecular formula is C24H30N6O2S. The largest absolute Gasteiger partial charge is 0.397 e. The zero-order chi connectivity index (χ0) is 23.1. The number of nitrogens with two attached hydrogens (primary N) is 1. The topological polar surface area (TPSA) is 105 Å². The van der Waals surface area contributed by atoms with Crippen molar-refractivity contribution >= 4 is 39.0 Å². The van der Waals surface area contributed by atoms with Crippen LogP contribution in [0.4, 0.5) is 11.5 Å². The highest BCUT2D eigenvalue weighted by Crippen LogP contribution is 2.33. The molecule has 5 rings (SSSR count). The number of amides is 1.